The maximum atomic E-state index is 12.4. The quantitative estimate of drug-likeness (QED) is 0.916. The van der Waals surface area contributed by atoms with Gasteiger partial charge in [-0.25, -0.2) is 4.98 Å². The van der Waals surface area contributed by atoms with Gasteiger partial charge in [-0.1, -0.05) is 6.07 Å². The van der Waals surface area contributed by atoms with Crippen LogP contribution in [0, 0.1) is 0 Å². The summed E-state index contributed by atoms with van der Waals surface area (Å²) in [5.74, 6) is 0.0580. The number of rotatable bonds is 2. The minimum atomic E-state index is 0.0580. The molecule has 1 atom stereocenters. The van der Waals surface area contributed by atoms with Crippen molar-refractivity contribution in [3.8, 4) is 0 Å². The summed E-state index contributed by atoms with van der Waals surface area (Å²) in [7, 11) is 0. The number of amides is 1. The van der Waals surface area contributed by atoms with E-state index in [2.05, 4.69) is 27.0 Å². The highest BCUT2D eigenvalue weighted by Crippen LogP contribution is 2.23. The van der Waals surface area contributed by atoms with Crippen LogP contribution < -0.4 is 5.32 Å². The Balaban J connectivity index is 1.47. The first kappa shape index (κ1) is 12.6. The fourth-order valence-electron chi connectivity index (χ4n) is 3.47. The van der Waals surface area contributed by atoms with Crippen LogP contribution >= 0.6 is 0 Å². The second-order valence-electron chi connectivity index (χ2n) is 6.08. The molecule has 1 aromatic carbocycles. The zero-order valence-electron chi connectivity index (χ0n) is 12.0. The minimum Gasteiger partial charge on any atom is -0.349 e. The number of carbonyl (C=O) groups is 1. The lowest BCUT2D eigenvalue weighted by Crippen LogP contribution is -2.40. The summed E-state index contributed by atoms with van der Waals surface area (Å²) in [6.07, 6.45) is 9.09. The van der Waals surface area contributed by atoms with Gasteiger partial charge in [0.15, 0.2) is 0 Å². The summed E-state index contributed by atoms with van der Waals surface area (Å²) in [6, 6.07) is 6.37. The Labute approximate surface area is 124 Å². The third-order valence-electron chi connectivity index (χ3n) is 4.67. The van der Waals surface area contributed by atoms with E-state index in [4.69, 9.17) is 0 Å². The van der Waals surface area contributed by atoms with Gasteiger partial charge in [-0.2, -0.15) is 0 Å². The zero-order chi connectivity index (χ0) is 14.2. The molecule has 1 unspecified atom stereocenters. The predicted octanol–water partition coefficient (Wildman–Crippen LogP) is 2.12. The molecule has 1 N–H and O–H groups in total. The lowest BCUT2D eigenvalue weighted by molar-refractivity contribution is 0.0931. The molecule has 0 saturated carbocycles. The molecule has 1 aromatic heterocycles. The SMILES string of the molecule is O=C(NC1CCn2cncc2C1)c1ccc2c(c1)CCC2. The summed E-state index contributed by atoms with van der Waals surface area (Å²) in [5.41, 5.74) is 4.77. The molecule has 1 aliphatic heterocycles. The summed E-state index contributed by atoms with van der Waals surface area (Å²) in [6.45, 7) is 0.935. The molecule has 0 bridgehead atoms. The number of imidazole rings is 1. The zero-order valence-corrected chi connectivity index (χ0v) is 12.0. The van der Waals surface area contributed by atoms with Crippen molar-refractivity contribution in [3.63, 3.8) is 0 Å². The van der Waals surface area contributed by atoms with Crippen LogP contribution in [0.4, 0.5) is 0 Å². The van der Waals surface area contributed by atoms with Crippen LogP contribution in [0.5, 0.6) is 0 Å². The van der Waals surface area contributed by atoms with E-state index in [0.29, 0.717) is 0 Å². The van der Waals surface area contributed by atoms with E-state index in [0.717, 1.165) is 37.8 Å². The highest BCUT2D eigenvalue weighted by Gasteiger charge is 2.21. The number of nitrogens with one attached hydrogen (secondary N) is 1. The highest BCUT2D eigenvalue weighted by atomic mass is 16.1. The molecular weight excluding hydrogens is 262 g/mol. The van der Waals surface area contributed by atoms with Gasteiger partial charge in [0.05, 0.1) is 6.33 Å². The molecule has 2 heterocycles. The molecule has 4 nitrogen and oxygen atoms in total. The van der Waals surface area contributed by atoms with Gasteiger partial charge >= 0.3 is 0 Å². The molecule has 0 spiro atoms. The average molecular weight is 281 g/mol. The van der Waals surface area contributed by atoms with Gasteiger partial charge in [0.1, 0.15) is 0 Å². The van der Waals surface area contributed by atoms with Crippen molar-refractivity contribution < 1.29 is 4.79 Å². The van der Waals surface area contributed by atoms with Crippen LogP contribution in [-0.2, 0) is 25.8 Å². The van der Waals surface area contributed by atoms with Gasteiger partial charge in [0.25, 0.3) is 5.91 Å². The van der Waals surface area contributed by atoms with Crippen LogP contribution in [0.3, 0.4) is 0 Å². The molecule has 4 heteroatoms. The summed E-state index contributed by atoms with van der Waals surface area (Å²) in [5, 5.41) is 3.18. The number of benzene rings is 1. The Morgan fingerprint density at radius 3 is 3.14 bits per heavy atom. The van der Waals surface area contributed by atoms with Gasteiger partial charge < -0.3 is 9.88 Å². The Bertz CT molecular complexity index is 689. The maximum absolute atomic E-state index is 12.4. The van der Waals surface area contributed by atoms with Crippen molar-refractivity contribution in [2.75, 3.05) is 0 Å². The molecule has 21 heavy (non-hydrogen) atoms. The molecule has 0 saturated heterocycles. The van der Waals surface area contributed by atoms with Gasteiger partial charge in [-0.05, 0) is 48.9 Å². The standard InChI is InChI=1S/C17H19N3O/c21-17(14-5-4-12-2-1-3-13(12)8-14)19-15-6-7-20-11-18-10-16(20)9-15/h4-5,8,10-11,15H,1-3,6-7,9H2,(H,19,21). The minimum absolute atomic E-state index is 0.0580. The number of fused-ring (bicyclic) bond motifs is 2. The second kappa shape index (κ2) is 5.02. The Kier molecular flexibility index (Phi) is 3.02. The molecule has 2 aromatic rings. The van der Waals surface area contributed by atoms with Crippen molar-refractivity contribution >= 4 is 5.91 Å². The maximum Gasteiger partial charge on any atom is 0.251 e. The van der Waals surface area contributed by atoms with Crippen molar-refractivity contribution in [1.29, 1.82) is 0 Å². The third kappa shape index (κ3) is 2.35. The van der Waals surface area contributed by atoms with Gasteiger partial charge in [0, 0.05) is 36.5 Å². The van der Waals surface area contributed by atoms with E-state index in [1.165, 1.54) is 23.2 Å². The molecule has 1 amide bonds. The number of hydrogen-bond donors (Lipinski definition) is 1. The molecule has 0 radical (unpaired) electrons. The molecule has 108 valence electrons. The summed E-state index contributed by atoms with van der Waals surface area (Å²) >= 11 is 0. The summed E-state index contributed by atoms with van der Waals surface area (Å²) < 4.78 is 2.16. The molecule has 2 aliphatic rings. The van der Waals surface area contributed by atoms with E-state index in [9.17, 15) is 4.79 Å². The normalized spacial score (nSPS) is 19.9. The number of carbonyl (C=O) groups excluding carboxylic acids is 1. The van der Waals surface area contributed by atoms with E-state index >= 15 is 0 Å². The van der Waals surface area contributed by atoms with E-state index < -0.39 is 0 Å². The lowest BCUT2D eigenvalue weighted by Gasteiger charge is -2.24. The first-order valence-corrected chi connectivity index (χ1v) is 7.71. The first-order valence-electron chi connectivity index (χ1n) is 7.71. The topological polar surface area (TPSA) is 46.9 Å². The predicted molar refractivity (Wildman–Crippen MR) is 80.3 cm³/mol. The smallest absolute Gasteiger partial charge is 0.251 e. The Morgan fingerprint density at radius 2 is 2.19 bits per heavy atom. The monoisotopic (exact) mass is 281 g/mol. The van der Waals surface area contributed by atoms with Crippen molar-refractivity contribution in [1.82, 2.24) is 14.9 Å². The largest absolute Gasteiger partial charge is 0.349 e. The third-order valence-corrected chi connectivity index (χ3v) is 4.67. The molecule has 1 aliphatic carbocycles. The van der Waals surface area contributed by atoms with Gasteiger partial charge in [0.2, 0.25) is 0 Å². The van der Waals surface area contributed by atoms with Crippen LogP contribution in [0.25, 0.3) is 0 Å². The summed E-state index contributed by atoms with van der Waals surface area (Å²) in [4.78, 5) is 16.6. The number of aryl methyl sites for hydroxylation is 3. The van der Waals surface area contributed by atoms with E-state index in [1.54, 1.807) is 0 Å². The van der Waals surface area contributed by atoms with E-state index in [1.807, 2.05) is 18.6 Å². The van der Waals surface area contributed by atoms with Crippen LogP contribution in [0.1, 0.15) is 40.0 Å². The van der Waals surface area contributed by atoms with Crippen LogP contribution in [-0.4, -0.2) is 21.5 Å². The Hall–Kier alpha value is -2.10. The fourth-order valence-corrected chi connectivity index (χ4v) is 3.47. The van der Waals surface area contributed by atoms with E-state index in [-0.39, 0.29) is 11.9 Å². The molecule has 4 rings (SSSR count). The average Bonchev–Trinajstić information content (AvgIpc) is 3.14. The van der Waals surface area contributed by atoms with Crippen molar-refractivity contribution in [2.24, 2.45) is 0 Å². The van der Waals surface area contributed by atoms with Crippen LogP contribution in [0.2, 0.25) is 0 Å². The van der Waals surface area contributed by atoms with Crippen LogP contribution in [0.15, 0.2) is 30.7 Å². The second-order valence-corrected chi connectivity index (χ2v) is 6.08. The molecule has 0 fully saturated rings. The molecular formula is C17H19N3O. The number of nitrogens with zero attached hydrogens (tertiary/aromatic N) is 2. The Morgan fingerprint density at radius 1 is 1.29 bits per heavy atom. The number of aromatic nitrogens is 2. The lowest BCUT2D eigenvalue weighted by atomic mass is 10.0. The van der Waals surface area contributed by atoms with Gasteiger partial charge in [-0.3, -0.25) is 4.79 Å². The van der Waals surface area contributed by atoms with Crippen molar-refractivity contribution in [2.45, 2.75) is 44.7 Å². The van der Waals surface area contributed by atoms with Gasteiger partial charge in [-0.15, -0.1) is 0 Å². The number of hydrogen-bond acceptors (Lipinski definition) is 2. The van der Waals surface area contributed by atoms with Crippen molar-refractivity contribution in [3.05, 3.63) is 53.1 Å². The fraction of sp³-hybridized carbons (Fsp3) is 0.412. The first-order chi connectivity index (χ1) is 10.3. The highest BCUT2D eigenvalue weighted by molar-refractivity contribution is 5.94.